The fourth-order valence-corrected chi connectivity index (χ4v) is 3.99. The molecule has 0 bridgehead atoms. The van der Waals surface area contributed by atoms with Crippen molar-refractivity contribution < 1.29 is 0 Å². The average molecular weight is 369 g/mol. The van der Waals surface area contributed by atoms with Crippen LogP contribution in [0.5, 0.6) is 0 Å². The molecule has 4 aromatic rings. The predicted molar refractivity (Wildman–Crippen MR) is 119 cm³/mol. The molecule has 2 heteroatoms. The van der Waals surface area contributed by atoms with Crippen LogP contribution in [0.1, 0.15) is 51.6 Å². The molecule has 0 saturated heterocycles. The lowest BCUT2D eigenvalue weighted by molar-refractivity contribution is 0.506. The van der Waals surface area contributed by atoms with Crippen LogP contribution < -0.4 is 0 Å². The molecule has 0 spiro atoms. The van der Waals surface area contributed by atoms with Crippen molar-refractivity contribution in [1.82, 2.24) is 9.97 Å². The van der Waals surface area contributed by atoms with E-state index in [2.05, 4.69) is 94.2 Å². The second kappa shape index (κ2) is 6.70. The molecule has 2 aromatic carbocycles. The van der Waals surface area contributed by atoms with Crippen LogP contribution in [0.25, 0.3) is 21.5 Å². The molecule has 0 unspecified atom stereocenters. The molecule has 0 aliphatic heterocycles. The fraction of sp³-hybridized carbons (Fsp3) is 0.308. The Kier molecular flexibility index (Phi) is 4.45. The Morgan fingerprint density at radius 3 is 2.25 bits per heavy atom. The SMILES string of the molecule is CC(C)(C)c1nccc2cc(CC(C)(C)c3cc4ccccc4cn3)ccc12. The maximum absolute atomic E-state index is 4.77. The Balaban J connectivity index is 1.69. The molecule has 28 heavy (non-hydrogen) atoms. The maximum atomic E-state index is 4.77. The van der Waals surface area contributed by atoms with Crippen LogP contribution in [0.4, 0.5) is 0 Å². The summed E-state index contributed by atoms with van der Waals surface area (Å²) in [6.45, 7) is 11.2. The van der Waals surface area contributed by atoms with Gasteiger partial charge in [0.05, 0.1) is 5.69 Å². The summed E-state index contributed by atoms with van der Waals surface area (Å²) in [7, 11) is 0. The second-order valence-corrected chi connectivity index (χ2v) is 9.44. The molecule has 2 heterocycles. The molecule has 2 aromatic heterocycles. The first-order chi connectivity index (χ1) is 13.2. The van der Waals surface area contributed by atoms with E-state index >= 15 is 0 Å². The Morgan fingerprint density at radius 1 is 0.750 bits per heavy atom. The third-order valence-corrected chi connectivity index (χ3v) is 5.51. The molecule has 4 rings (SSSR count). The maximum Gasteiger partial charge on any atom is 0.0535 e. The quantitative estimate of drug-likeness (QED) is 0.407. The summed E-state index contributed by atoms with van der Waals surface area (Å²) in [6, 6.07) is 19.6. The molecule has 0 aliphatic carbocycles. The first-order valence-corrected chi connectivity index (χ1v) is 9.97. The van der Waals surface area contributed by atoms with Crippen LogP contribution in [-0.4, -0.2) is 9.97 Å². The topological polar surface area (TPSA) is 25.8 Å². The lowest BCUT2D eigenvalue weighted by atomic mass is 9.81. The van der Waals surface area contributed by atoms with Crippen molar-refractivity contribution in [3.8, 4) is 0 Å². The van der Waals surface area contributed by atoms with E-state index in [1.54, 1.807) is 0 Å². The number of fused-ring (bicyclic) bond motifs is 2. The standard InChI is InChI=1S/C26H28N2/c1-25(2,3)24-22-11-10-18(14-20(22)12-13-27-24)16-26(4,5)23-15-19-8-6-7-9-21(19)17-28-23/h6-15,17H,16H2,1-5H3. The van der Waals surface area contributed by atoms with E-state index in [9.17, 15) is 0 Å². The highest BCUT2D eigenvalue weighted by Crippen LogP contribution is 2.32. The number of nitrogens with zero attached hydrogens (tertiary/aromatic N) is 2. The first kappa shape index (κ1) is 18.6. The lowest BCUT2D eigenvalue weighted by Gasteiger charge is -2.25. The third-order valence-electron chi connectivity index (χ3n) is 5.51. The van der Waals surface area contributed by atoms with Crippen molar-refractivity contribution in [2.24, 2.45) is 0 Å². The van der Waals surface area contributed by atoms with E-state index in [0.717, 1.165) is 17.8 Å². The number of hydrogen-bond donors (Lipinski definition) is 0. The van der Waals surface area contributed by atoms with E-state index in [-0.39, 0.29) is 10.8 Å². The monoisotopic (exact) mass is 368 g/mol. The van der Waals surface area contributed by atoms with Gasteiger partial charge in [-0.15, -0.1) is 0 Å². The summed E-state index contributed by atoms with van der Waals surface area (Å²) in [4.78, 5) is 9.42. The molecule has 2 nitrogen and oxygen atoms in total. The minimum Gasteiger partial charge on any atom is -0.260 e. The van der Waals surface area contributed by atoms with Crippen molar-refractivity contribution in [1.29, 1.82) is 0 Å². The summed E-state index contributed by atoms with van der Waals surface area (Å²) in [5, 5.41) is 4.95. The highest BCUT2D eigenvalue weighted by atomic mass is 14.7. The zero-order valence-electron chi connectivity index (χ0n) is 17.5. The molecule has 0 fully saturated rings. The van der Waals surface area contributed by atoms with Gasteiger partial charge in [0.2, 0.25) is 0 Å². The Labute approximate surface area is 167 Å². The summed E-state index contributed by atoms with van der Waals surface area (Å²) >= 11 is 0. The van der Waals surface area contributed by atoms with Gasteiger partial charge in [-0.2, -0.15) is 0 Å². The van der Waals surface area contributed by atoms with Gasteiger partial charge in [-0.1, -0.05) is 77.1 Å². The highest BCUT2D eigenvalue weighted by molar-refractivity contribution is 5.86. The molecule has 0 saturated carbocycles. The molecule has 0 amide bonds. The average Bonchev–Trinajstić information content (AvgIpc) is 2.66. The van der Waals surface area contributed by atoms with E-state index in [1.165, 1.54) is 27.1 Å². The van der Waals surface area contributed by atoms with E-state index in [0.29, 0.717) is 0 Å². The van der Waals surface area contributed by atoms with Gasteiger partial charge < -0.3 is 0 Å². The zero-order chi connectivity index (χ0) is 19.9. The first-order valence-electron chi connectivity index (χ1n) is 9.97. The van der Waals surface area contributed by atoms with Crippen LogP contribution in [0.15, 0.2) is 67.0 Å². The zero-order valence-corrected chi connectivity index (χ0v) is 17.5. The third kappa shape index (κ3) is 3.52. The number of pyridine rings is 2. The normalized spacial score (nSPS) is 12.6. The number of aromatic nitrogens is 2. The van der Waals surface area contributed by atoms with E-state index < -0.39 is 0 Å². The molecule has 0 atom stereocenters. The minimum atomic E-state index is -0.0441. The van der Waals surface area contributed by atoms with E-state index in [1.807, 2.05) is 12.4 Å². The van der Waals surface area contributed by atoms with Crippen LogP contribution in [-0.2, 0) is 17.3 Å². The van der Waals surface area contributed by atoms with Crippen molar-refractivity contribution >= 4 is 21.5 Å². The molecule has 0 aliphatic rings. The van der Waals surface area contributed by atoms with Gasteiger partial charge in [0.15, 0.2) is 0 Å². The van der Waals surface area contributed by atoms with Crippen molar-refractivity contribution in [2.45, 2.75) is 51.9 Å². The van der Waals surface area contributed by atoms with Crippen molar-refractivity contribution in [2.75, 3.05) is 0 Å². The summed E-state index contributed by atoms with van der Waals surface area (Å²) in [5.74, 6) is 0. The molecule has 0 N–H and O–H groups in total. The van der Waals surface area contributed by atoms with Gasteiger partial charge in [0.1, 0.15) is 0 Å². The molecular weight excluding hydrogens is 340 g/mol. The van der Waals surface area contributed by atoms with Gasteiger partial charge in [0.25, 0.3) is 0 Å². The van der Waals surface area contributed by atoms with Crippen LogP contribution in [0, 0.1) is 0 Å². The van der Waals surface area contributed by atoms with Crippen LogP contribution in [0.2, 0.25) is 0 Å². The fourth-order valence-electron chi connectivity index (χ4n) is 3.99. The van der Waals surface area contributed by atoms with E-state index in [4.69, 9.17) is 4.98 Å². The number of rotatable bonds is 3. The number of benzene rings is 2. The predicted octanol–water partition coefficient (Wildman–Crippen LogP) is 6.60. The molecule has 0 radical (unpaired) electrons. The van der Waals surface area contributed by atoms with Crippen molar-refractivity contribution in [3.63, 3.8) is 0 Å². The Morgan fingerprint density at radius 2 is 1.50 bits per heavy atom. The van der Waals surface area contributed by atoms with Gasteiger partial charge in [0, 0.05) is 39.7 Å². The molecule has 142 valence electrons. The smallest absolute Gasteiger partial charge is 0.0535 e. The highest BCUT2D eigenvalue weighted by Gasteiger charge is 2.24. The number of hydrogen-bond acceptors (Lipinski definition) is 2. The lowest BCUT2D eigenvalue weighted by Crippen LogP contribution is -2.22. The Bertz CT molecular complexity index is 1150. The summed E-state index contributed by atoms with van der Waals surface area (Å²) < 4.78 is 0. The Hall–Kier alpha value is -2.74. The van der Waals surface area contributed by atoms with Gasteiger partial charge in [-0.25, -0.2) is 0 Å². The largest absolute Gasteiger partial charge is 0.260 e. The van der Waals surface area contributed by atoms with Gasteiger partial charge in [-0.05, 0) is 34.9 Å². The van der Waals surface area contributed by atoms with Gasteiger partial charge in [-0.3, -0.25) is 9.97 Å². The van der Waals surface area contributed by atoms with Gasteiger partial charge >= 0.3 is 0 Å². The summed E-state index contributed by atoms with van der Waals surface area (Å²) in [5.41, 5.74) is 3.62. The minimum absolute atomic E-state index is 0.0370. The second-order valence-electron chi connectivity index (χ2n) is 9.44. The van der Waals surface area contributed by atoms with Crippen LogP contribution in [0.3, 0.4) is 0 Å². The summed E-state index contributed by atoms with van der Waals surface area (Å²) in [6.07, 6.45) is 4.87. The van der Waals surface area contributed by atoms with Crippen molar-refractivity contribution in [3.05, 3.63) is 83.9 Å². The molecular formula is C26H28N2. The van der Waals surface area contributed by atoms with Crippen LogP contribution >= 0.6 is 0 Å².